The Balaban J connectivity index is 2.70. The van der Waals surface area contributed by atoms with Crippen LogP contribution in [0.25, 0.3) is 0 Å². The van der Waals surface area contributed by atoms with Crippen molar-refractivity contribution in [2.45, 2.75) is 51.6 Å². The van der Waals surface area contributed by atoms with Gasteiger partial charge in [-0.3, -0.25) is 0 Å². The van der Waals surface area contributed by atoms with Crippen LogP contribution in [0.2, 0.25) is 0 Å². The fourth-order valence-corrected chi connectivity index (χ4v) is 2.18. The van der Waals surface area contributed by atoms with Crippen LogP contribution in [0, 0.1) is 0 Å². The molecule has 0 aromatic rings. The number of methoxy groups -OCH3 is 2. The summed E-state index contributed by atoms with van der Waals surface area (Å²) in [5.74, 6) is 0.395. The van der Waals surface area contributed by atoms with Crippen LogP contribution < -0.4 is 0 Å². The number of hydrogen-bond acceptors (Lipinski definition) is 4. The third kappa shape index (κ3) is 4.02. The van der Waals surface area contributed by atoms with E-state index >= 15 is 0 Å². The Hall–Kier alpha value is -1.03. The fraction of sp³-hybridized carbons (Fsp3) is 0.786. The molecule has 1 aliphatic rings. The molecule has 0 aliphatic carbocycles. The molecule has 0 bridgehead atoms. The van der Waals surface area contributed by atoms with E-state index in [0.29, 0.717) is 24.4 Å². The average Bonchev–Trinajstić information content (AvgIpc) is 2.86. The highest BCUT2D eigenvalue weighted by Gasteiger charge is 2.29. The van der Waals surface area contributed by atoms with Crippen molar-refractivity contribution in [3.8, 4) is 0 Å². The third-order valence-electron chi connectivity index (χ3n) is 3.22. The second-order valence-electron chi connectivity index (χ2n) is 4.51. The Morgan fingerprint density at radius 3 is 2.72 bits per heavy atom. The highest BCUT2D eigenvalue weighted by molar-refractivity contribution is 5.89. The van der Waals surface area contributed by atoms with Gasteiger partial charge in [0.2, 0.25) is 0 Å². The Bertz CT molecular complexity index is 296. The van der Waals surface area contributed by atoms with Crippen molar-refractivity contribution in [1.82, 2.24) is 0 Å². The molecule has 1 aliphatic heterocycles. The number of rotatable bonds is 7. The average molecular weight is 256 g/mol. The first-order chi connectivity index (χ1) is 8.74. The summed E-state index contributed by atoms with van der Waals surface area (Å²) in [6.45, 7) is 2.78. The van der Waals surface area contributed by atoms with E-state index in [2.05, 4.69) is 6.92 Å². The fourth-order valence-electron chi connectivity index (χ4n) is 2.18. The van der Waals surface area contributed by atoms with Crippen molar-refractivity contribution < 1.29 is 19.0 Å². The zero-order chi connectivity index (χ0) is 13.4. The minimum atomic E-state index is -0.287. The molecule has 1 rings (SSSR count). The summed E-state index contributed by atoms with van der Waals surface area (Å²) in [6.07, 6.45) is 5.91. The van der Waals surface area contributed by atoms with Gasteiger partial charge < -0.3 is 14.2 Å². The third-order valence-corrected chi connectivity index (χ3v) is 3.22. The summed E-state index contributed by atoms with van der Waals surface area (Å²) in [7, 11) is 3.05. The van der Waals surface area contributed by atoms with Crippen LogP contribution in [0.3, 0.4) is 0 Å². The maximum Gasteiger partial charge on any atom is 0.337 e. The quantitative estimate of drug-likeness (QED) is 0.399. The number of carbonyl (C=O) groups excluding carboxylic acids is 1. The van der Waals surface area contributed by atoms with Gasteiger partial charge in [-0.05, 0) is 12.8 Å². The normalized spacial score (nSPS) is 21.6. The first-order valence-electron chi connectivity index (χ1n) is 6.71. The Kier molecular flexibility index (Phi) is 6.80. The van der Waals surface area contributed by atoms with Gasteiger partial charge in [0.25, 0.3) is 0 Å². The van der Waals surface area contributed by atoms with E-state index in [1.165, 1.54) is 20.0 Å². The summed E-state index contributed by atoms with van der Waals surface area (Å²) < 4.78 is 15.7. The lowest BCUT2D eigenvalue weighted by atomic mass is 10.0. The van der Waals surface area contributed by atoms with Gasteiger partial charge in [0.1, 0.15) is 11.9 Å². The molecule has 4 heteroatoms. The van der Waals surface area contributed by atoms with Crippen LogP contribution >= 0.6 is 0 Å². The maximum atomic E-state index is 11.8. The molecule has 104 valence electrons. The number of ether oxygens (including phenoxy) is 3. The molecule has 1 unspecified atom stereocenters. The van der Waals surface area contributed by atoms with Gasteiger partial charge in [-0.2, -0.15) is 0 Å². The van der Waals surface area contributed by atoms with E-state index in [-0.39, 0.29) is 12.1 Å². The molecule has 0 amide bonds. The highest BCUT2D eigenvalue weighted by Crippen LogP contribution is 2.27. The topological polar surface area (TPSA) is 44.8 Å². The Labute approximate surface area is 109 Å². The first-order valence-corrected chi connectivity index (χ1v) is 6.71. The van der Waals surface area contributed by atoms with Crippen LogP contribution in [0.1, 0.15) is 45.4 Å². The SMILES string of the molecule is CCCCCC/C(C(=O)OC)=C1\OCCC1OC. The number of unbranched alkanes of at least 4 members (excludes halogenated alkanes) is 3. The van der Waals surface area contributed by atoms with Crippen LogP contribution in [0.4, 0.5) is 0 Å². The van der Waals surface area contributed by atoms with Gasteiger partial charge in [0.05, 0.1) is 19.3 Å². The Morgan fingerprint density at radius 2 is 2.11 bits per heavy atom. The van der Waals surface area contributed by atoms with Crippen molar-refractivity contribution in [3.63, 3.8) is 0 Å². The summed E-state index contributed by atoms with van der Waals surface area (Å²) in [5, 5.41) is 0. The number of hydrogen-bond donors (Lipinski definition) is 0. The molecular weight excluding hydrogens is 232 g/mol. The summed E-state index contributed by atoms with van der Waals surface area (Å²) in [6, 6.07) is 0. The van der Waals surface area contributed by atoms with Crippen molar-refractivity contribution >= 4 is 5.97 Å². The minimum absolute atomic E-state index is 0.0923. The van der Waals surface area contributed by atoms with Gasteiger partial charge >= 0.3 is 5.97 Å². The monoisotopic (exact) mass is 256 g/mol. The number of esters is 1. The van der Waals surface area contributed by atoms with Crippen LogP contribution in [-0.2, 0) is 19.0 Å². The highest BCUT2D eigenvalue weighted by atomic mass is 16.5. The van der Waals surface area contributed by atoms with E-state index in [9.17, 15) is 4.79 Å². The van der Waals surface area contributed by atoms with E-state index in [1.807, 2.05) is 0 Å². The van der Waals surface area contributed by atoms with Gasteiger partial charge in [-0.15, -0.1) is 0 Å². The molecule has 18 heavy (non-hydrogen) atoms. The lowest BCUT2D eigenvalue weighted by Gasteiger charge is -2.13. The second kappa shape index (κ2) is 8.14. The smallest absolute Gasteiger partial charge is 0.337 e. The van der Waals surface area contributed by atoms with E-state index < -0.39 is 0 Å². The molecule has 0 spiro atoms. The molecule has 0 radical (unpaired) electrons. The van der Waals surface area contributed by atoms with E-state index in [4.69, 9.17) is 14.2 Å². The predicted molar refractivity (Wildman–Crippen MR) is 69.2 cm³/mol. The molecule has 1 fully saturated rings. The van der Waals surface area contributed by atoms with E-state index in [1.54, 1.807) is 7.11 Å². The largest absolute Gasteiger partial charge is 0.494 e. The predicted octanol–water partition coefficient (Wildman–Crippen LogP) is 2.82. The lowest BCUT2D eigenvalue weighted by molar-refractivity contribution is -0.136. The molecule has 0 N–H and O–H groups in total. The van der Waals surface area contributed by atoms with E-state index in [0.717, 1.165) is 19.3 Å². The zero-order valence-corrected chi connectivity index (χ0v) is 11.7. The molecule has 4 nitrogen and oxygen atoms in total. The molecule has 1 atom stereocenters. The lowest BCUT2D eigenvalue weighted by Crippen LogP contribution is -2.15. The molecular formula is C14H24O4. The van der Waals surface area contributed by atoms with Gasteiger partial charge in [0.15, 0.2) is 0 Å². The summed E-state index contributed by atoms with van der Waals surface area (Å²) in [4.78, 5) is 11.8. The van der Waals surface area contributed by atoms with Gasteiger partial charge in [0, 0.05) is 13.5 Å². The van der Waals surface area contributed by atoms with Crippen molar-refractivity contribution in [2.75, 3.05) is 20.8 Å². The standard InChI is InChI=1S/C14H24O4/c1-4-5-6-7-8-11(14(15)17-3)13-12(16-2)9-10-18-13/h12H,4-10H2,1-3H3/b13-11+. The first kappa shape index (κ1) is 15.0. The molecule has 1 heterocycles. The van der Waals surface area contributed by atoms with Crippen LogP contribution in [0.15, 0.2) is 11.3 Å². The summed E-state index contributed by atoms with van der Waals surface area (Å²) >= 11 is 0. The molecule has 0 aromatic heterocycles. The molecule has 0 aromatic carbocycles. The zero-order valence-electron chi connectivity index (χ0n) is 11.7. The Morgan fingerprint density at radius 1 is 1.33 bits per heavy atom. The second-order valence-corrected chi connectivity index (χ2v) is 4.51. The van der Waals surface area contributed by atoms with Crippen molar-refractivity contribution in [3.05, 3.63) is 11.3 Å². The molecule has 1 saturated heterocycles. The van der Waals surface area contributed by atoms with Crippen LogP contribution in [0.5, 0.6) is 0 Å². The van der Waals surface area contributed by atoms with Crippen molar-refractivity contribution in [1.29, 1.82) is 0 Å². The molecule has 0 saturated carbocycles. The number of carbonyl (C=O) groups is 1. The van der Waals surface area contributed by atoms with Gasteiger partial charge in [-0.25, -0.2) is 4.79 Å². The van der Waals surface area contributed by atoms with Crippen molar-refractivity contribution in [2.24, 2.45) is 0 Å². The van der Waals surface area contributed by atoms with Gasteiger partial charge in [-0.1, -0.05) is 26.2 Å². The van der Waals surface area contributed by atoms with Crippen LogP contribution in [-0.4, -0.2) is 32.9 Å². The summed E-state index contributed by atoms with van der Waals surface area (Å²) in [5.41, 5.74) is 0.651. The minimum Gasteiger partial charge on any atom is -0.494 e. The maximum absolute atomic E-state index is 11.8.